The lowest BCUT2D eigenvalue weighted by molar-refractivity contribution is -0.000184. The van der Waals surface area contributed by atoms with E-state index in [9.17, 15) is 13.2 Å². The molecule has 2 rings (SSSR count). The quantitative estimate of drug-likeness (QED) is 0.781. The number of nitrogens with one attached hydrogen (secondary N) is 1. The van der Waals surface area contributed by atoms with Gasteiger partial charge >= 0.3 is 0 Å². The van der Waals surface area contributed by atoms with E-state index in [2.05, 4.69) is 5.32 Å². The largest absolute Gasteiger partial charge is 0.381 e. The summed E-state index contributed by atoms with van der Waals surface area (Å²) in [6.45, 7) is 7.23. The molecule has 1 aromatic carbocycles. The van der Waals surface area contributed by atoms with Gasteiger partial charge in [0.15, 0.2) is 0 Å². The molecule has 1 amide bonds. The number of ether oxygens (including phenoxy) is 1. The summed E-state index contributed by atoms with van der Waals surface area (Å²) in [7, 11) is -3.86. The first-order valence-electron chi connectivity index (χ1n) is 8.18. The first-order chi connectivity index (χ1) is 11.2. The van der Waals surface area contributed by atoms with Crippen LogP contribution < -0.4 is 10.5 Å². The van der Waals surface area contributed by atoms with Crippen molar-refractivity contribution < 1.29 is 17.9 Å². The topological polar surface area (TPSA) is 98.5 Å². The number of amides is 1. The van der Waals surface area contributed by atoms with Crippen LogP contribution in [0.4, 0.5) is 0 Å². The van der Waals surface area contributed by atoms with Crippen LogP contribution in [0.15, 0.2) is 17.0 Å². The third-order valence-electron chi connectivity index (χ3n) is 4.84. The van der Waals surface area contributed by atoms with Gasteiger partial charge in [-0.25, -0.2) is 13.6 Å². The summed E-state index contributed by atoms with van der Waals surface area (Å²) in [5.41, 5.74) is 1.61. The SMILES string of the molecule is CCOCC1(CNC(=O)c2cc(C)c(C)c(S(N)(=O)=O)c2)CCC1. The van der Waals surface area contributed by atoms with Gasteiger partial charge < -0.3 is 10.1 Å². The van der Waals surface area contributed by atoms with E-state index in [0.29, 0.717) is 30.9 Å². The minimum atomic E-state index is -3.86. The maximum Gasteiger partial charge on any atom is 0.251 e. The smallest absolute Gasteiger partial charge is 0.251 e. The minimum Gasteiger partial charge on any atom is -0.381 e. The number of primary sulfonamides is 1. The van der Waals surface area contributed by atoms with Gasteiger partial charge in [0.1, 0.15) is 0 Å². The lowest BCUT2D eigenvalue weighted by Gasteiger charge is -2.41. The number of rotatable bonds is 7. The molecule has 0 aliphatic heterocycles. The van der Waals surface area contributed by atoms with Crippen LogP contribution in [0, 0.1) is 19.3 Å². The Balaban J connectivity index is 2.14. The Morgan fingerprint density at radius 1 is 1.33 bits per heavy atom. The first-order valence-corrected chi connectivity index (χ1v) is 9.73. The van der Waals surface area contributed by atoms with E-state index >= 15 is 0 Å². The molecule has 0 spiro atoms. The van der Waals surface area contributed by atoms with E-state index in [4.69, 9.17) is 9.88 Å². The molecular weight excluding hydrogens is 328 g/mol. The van der Waals surface area contributed by atoms with E-state index in [1.165, 1.54) is 6.07 Å². The molecule has 1 aromatic rings. The van der Waals surface area contributed by atoms with Crippen molar-refractivity contribution in [1.82, 2.24) is 5.32 Å². The van der Waals surface area contributed by atoms with Crippen molar-refractivity contribution >= 4 is 15.9 Å². The first kappa shape index (κ1) is 18.9. The highest BCUT2D eigenvalue weighted by Gasteiger charge is 2.37. The zero-order valence-corrected chi connectivity index (χ0v) is 15.3. The molecule has 7 heteroatoms. The zero-order valence-electron chi connectivity index (χ0n) is 14.5. The Bertz CT molecular complexity index is 724. The molecule has 0 heterocycles. The highest BCUT2D eigenvalue weighted by molar-refractivity contribution is 7.89. The van der Waals surface area contributed by atoms with Crippen molar-refractivity contribution in [2.24, 2.45) is 10.6 Å². The fraction of sp³-hybridized carbons (Fsp3) is 0.588. The lowest BCUT2D eigenvalue weighted by Crippen LogP contribution is -2.45. The second-order valence-corrected chi connectivity index (χ2v) is 8.16. The van der Waals surface area contributed by atoms with Gasteiger partial charge in [-0.2, -0.15) is 0 Å². The van der Waals surface area contributed by atoms with Crippen LogP contribution in [-0.2, 0) is 14.8 Å². The number of hydrogen-bond donors (Lipinski definition) is 2. The molecule has 0 saturated heterocycles. The second-order valence-electron chi connectivity index (χ2n) is 6.63. The van der Waals surface area contributed by atoms with Crippen LogP contribution in [0.2, 0.25) is 0 Å². The molecule has 0 aromatic heterocycles. The Kier molecular flexibility index (Phi) is 5.67. The molecular formula is C17H26N2O4S. The molecule has 1 fully saturated rings. The highest BCUT2D eigenvalue weighted by Crippen LogP contribution is 2.40. The number of carbonyl (C=O) groups excluding carboxylic acids is 1. The van der Waals surface area contributed by atoms with Crippen molar-refractivity contribution in [3.8, 4) is 0 Å². The summed E-state index contributed by atoms with van der Waals surface area (Å²) in [4.78, 5) is 12.5. The van der Waals surface area contributed by atoms with Crippen molar-refractivity contribution in [2.45, 2.75) is 44.9 Å². The minimum absolute atomic E-state index is 0.000300. The number of nitrogens with two attached hydrogens (primary N) is 1. The van der Waals surface area contributed by atoms with E-state index < -0.39 is 10.0 Å². The molecule has 0 bridgehead atoms. The summed E-state index contributed by atoms with van der Waals surface area (Å²) in [5, 5.41) is 8.17. The summed E-state index contributed by atoms with van der Waals surface area (Å²) in [5.74, 6) is -0.286. The normalized spacial score (nSPS) is 16.5. The van der Waals surface area contributed by atoms with Crippen LogP contribution in [0.3, 0.4) is 0 Å². The lowest BCUT2D eigenvalue weighted by atomic mass is 9.69. The van der Waals surface area contributed by atoms with Gasteiger partial charge in [-0.15, -0.1) is 0 Å². The maximum atomic E-state index is 12.5. The summed E-state index contributed by atoms with van der Waals surface area (Å²) < 4.78 is 28.9. The van der Waals surface area contributed by atoms with Gasteiger partial charge in [0.05, 0.1) is 11.5 Å². The molecule has 0 unspecified atom stereocenters. The average molecular weight is 354 g/mol. The maximum absolute atomic E-state index is 12.5. The molecule has 0 radical (unpaired) electrons. The monoisotopic (exact) mass is 354 g/mol. The Morgan fingerprint density at radius 3 is 2.50 bits per heavy atom. The number of carbonyl (C=O) groups is 1. The molecule has 134 valence electrons. The van der Waals surface area contributed by atoms with Gasteiger partial charge in [0.2, 0.25) is 10.0 Å². The Hall–Kier alpha value is -1.44. The molecule has 24 heavy (non-hydrogen) atoms. The fourth-order valence-corrected chi connectivity index (χ4v) is 3.87. The van der Waals surface area contributed by atoms with Crippen molar-refractivity contribution in [1.29, 1.82) is 0 Å². The van der Waals surface area contributed by atoms with Crippen molar-refractivity contribution in [2.75, 3.05) is 19.8 Å². The zero-order chi connectivity index (χ0) is 18.0. The van der Waals surface area contributed by atoms with E-state index in [1.807, 2.05) is 6.92 Å². The van der Waals surface area contributed by atoms with Gasteiger partial charge in [-0.05, 0) is 56.9 Å². The number of hydrogen-bond acceptors (Lipinski definition) is 4. The third kappa shape index (κ3) is 4.15. The van der Waals surface area contributed by atoms with Gasteiger partial charge in [-0.3, -0.25) is 4.79 Å². The van der Waals surface area contributed by atoms with E-state index in [1.54, 1.807) is 19.9 Å². The third-order valence-corrected chi connectivity index (χ3v) is 5.88. The van der Waals surface area contributed by atoms with Gasteiger partial charge in [0, 0.05) is 24.1 Å². The molecule has 1 aliphatic carbocycles. The van der Waals surface area contributed by atoms with Gasteiger partial charge in [0.25, 0.3) is 5.91 Å². The molecule has 6 nitrogen and oxygen atoms in total. The van der Waals surface area contributed by atoms with Gasteiger partial charge in [-0.1, -0.05) is 6.42 Å². The number of aryl methyl sites for hydroxylation is 1. The van der Waals surface area contributed by atoms with E-state index in [0.717, 1.165) is 24.8 Å². The summed E-state index contributed by atoms with van der Waals surface area (Å²) in [6.07, 6.45) is 3.20. The average Bonchev–Trinajstić information content (AvgIpc) is 2.47. The van der Waals surface area contributed by atoms with Crippen LogP contribution in [0.1, 0.15) is 47.7 Å². The fourth-order valence-electron chi connectivity index (χ4n) is 2.99. The molecule has 1 saturated carbocycles. The second kappa shape index (κ2) is 7.21. The highest BCUT2D eigenvalue weighted by atomic mass is 32.2. The molecule has 3 N–H and O–H groups in total. The van der Waals surface area contributed by atoms with Crippen molar-refractivity contribution in [3.63, 3.8) is 0 Å². The standard InChI is InChI=1S/C17H26N2O4S/c1-4-23-11-17(6-5-7-17)10-19-16(20)14-8-12(2)13(3)15(9-14)24(18,21)22/h8-9H,4-7,10-11H2,1-3H3,(H,19,20)(H2,18,21,22). The van der Waals surface area contributed by atoms with E-state index in [-0.39, 0.29) is 16.2 Å². The van der Waals surface area contributed by atoms with Crippen LogP contribution in [0.5, 0.6) is 0 Å². The Labute approximate surface area is 143 Å². The van der Waals surface area contributed by atoms with Crippen molar-refractivity contribution in [3.05, 3.63) is 28.8 Å². The Morgan fingerprint density at radius 2 is 2.00 bits per heavy atom. The predicted octanol–water partition coefficient (Wildman–Crippen LogP) is 1.89. The summed E-state index contributed by atoms with van der Waals surface area (Å²) in [6, 6.07) is 3.04. The molecule has 0 atom stereocenters. The summed E-state index contributed by atoms with van der Waals surface area (Å²) >= 11 is 0. The van der Waals surface area contributed by atoms with Crippen LogP contribution in [0.25, 0.3) is 0 Å². The number of sulfonamides is 1. The number of benzene rings is 1. The van der Waals surface area contributed by atoms with Crippen LogP contribution >= 0.6 is 0 Å². The predicted molar refractivity (Wildman–Crippen MR) is 92.4 cm³/mol. The van der Waals surface area contributed by atoms with Crippen LogP contribution in [-0.4, -0.2) is 34.1 Å². The molecule has 1 aliphatic rings.